The largest absolute Gasteiger partial charge is 0.494 e. The molecule has 20 heavy (non-hydrogen) atoms. The molecule has 0 aromatic heterocycles. The number of nitrogens with one attached hydrogen (secondary N) is 1. The van der Waals surface area contributed by atoms with Gasteiger partial charge < -0.3 is 10.5 Å². The highest BCUT2D eigenvalue weighted by atomic mass is 35.5. The first-order valence-corrected chi connectivity index (χ1v) is 6.29. The van der Waals surface area contributed by atoms with E-state index in [0.29, 0.717) is 21.8 Å². The van der Waals surface area contributed by atoms with Gasteiger partial charge in [-0.3, -0.25) is 5.84 Å². The molecule has 6 heteroatoms. The smallest absolute Gasteiger partial charge is 0.170 e. The van der Waals surface area contributed by atoms with E-state index in [2.05, 4.69) is 5.43 Å². The standard InChI is InChI=1S/C14H15ClFN3O/c1-20-12-4-2-3-10(13(12)16)14(19-18)9-6-5-8(15)7-11(9)17/h2-7,14,19H,17-18H2,1H3. The van der Waals surface area contributed by atoms with Crippen molar-refractivity contribution in [1.29, 1.82) is 0 Å². The molecule has 0 amide bonds. The Morgan fingerprint density at radius 2 is 2.00 bits per heavy atom. The molecule has 2 aromatic carbocycles. The summed E-state index contributed by atoms with van der Waals surface area (Å²) in [5.74, 6) is 5.23. The number of methoxy groups -OCH3 is 1. The zero-order valence-corrected chi connectivity index (χ0v) is 11.6. The molecule has 0 spiro atoms. The third-order valence-electron chi connectivity index (χ3n) is 3.05. The third-order valence-corrected chi connectivity index (χ3v) is 3.29. The summed E-state index contributed by atoms with van der Waals surface area (Å²) in [7, 11) is 1.41. The summed E-state index contributed by atoms with van der Waals surface area (Å²) >= 11 is 5.86. The predicted molar refractivity (Wildman–Crippen MR) is 78.0 cm³/mol. The van der Waals surface area contributed by atoms with Crippen molar-refractivity contribution in [3.05, 3.63) is 58.4 Å². The second-order valence-electron chi connectivity index (χ2n) is 4.24. The van der Waals surface area contributed by atoms with Crippen LogP contribution in [0, 0.1) is 5.82 Å². The summed E-state index contributed by atoms with van der Waals surface area (Å²) in [4.78, 5) is 0. The highest BCUT2D eigenvalue weighted by Gasteiger charge is 2.21. The Balaban J connectivity index is 2.52. The Morgan fingerprint density at radius 1 is 1.25 bits per heavy atom. The second kappa shape index (κ2) is 6.09. The molecule has 0 saturated carbocycles. The van der Waals surface area contributed by atoms with Crippen LogP contribution in [0.2, 0.25) is 5.02 Å². The van der Waals surface area contributed by atoms with Crippen LogP contribution in [0.5, 0.6) is 5.75 Å². The highest BCUT2D eigenvalue weighted by Crippen LogP contribution is 2.32. The molecule has 2 aromatic rings. The molecule has 1 atom stereocenters. The molecule has 106 valence electrons. The van der Waals surface area contributed by atoms with Crippen LogP contribution in [-0.4, -0.2) is 7.11 Å². The fraction of sp³-hybridized carbons (Fsp3) is 0.143. The van der Waals surface area contributed by atoms with Crippen LogP contribution in [0.3, 0.4) is 0 Å². The van der Waals surface area contributed by atoms with Crippen molar-refractivity contribution in [3.8, 4) is 5.75 Å². The maximum atomic E-state index is 14.3. The van der Waals surface area contributed by atoms with E-state index < -0.39 is 11.9 Å². The summed E-state index contributed by atoms with van der Waals surface area (Å²) < 4.78 is 19.3. The summed E-state index contributed by atoms with van der Waals surface area (Å²) in [5.41, 5.74) is 9.91. The molecule has 0 fully saturated rings. The Bertz CT molecular complexity index is 621. The van der Waals surface area contributed by atoms with E-state index in [1.807, 2.05) is 0 Å². The lowest BCUT2D eigenvalue weighted by molar-refractivity contribution is 0.382. The van der Waals surface area contributed by atoms with Gasteiger partial charge in [0.15, 0.2) is 11.6 Å². The van der Waals surface area contributed by atoms with E-state index in [1.165, 1.54) is 13.2 Å². The lowest BCUT2D eigenvalue weighted by Crippen LogP contribution is -2.30. The van der Waals surface area contributed by atoms with Crippen molar-refractivity contribution >= 4 is 17.3 Å². The van der Waals surface area contributed by atoms with E-state index in [9.17, 15) is 4.39 Å². The van der Waals surface area contributed by atoms with E-state index in [-0.39, 0.29) is 5.75 Å². The molecule has 0 aliphatic heterocycles. The summed E-state index contributed by atoms with van der Waals surface area (Å²) in [6, 6.07) is 9.24. The van der Waals surface area contributed by atoms with Crippen LogP contribution in [-0.2, 0) is 0 Å². The number of rotatable bonds is 4. The highest BCUT2D eigenvalue weighted by molar-refractivity contribution is 6.30. The zero-order chi connectivity index (χ0) is 14.7. The molecule has 0 bridgehead atoms. The number of hydrogen-bond acceptors (Lipinski definition) is 4. The van der Waals surface area contributed by atoms with Gasteiger partial charge in [-0.1, -0.05) is 29.8 Å². The molecule has 5 N–H and O–H groups in total. The minimum absolute atomic E-state index is 0.148. The van der Waals surface area contributed by atoms with E-state index >= 15 is 0 Å². The topological polar surface area (TPSA) is 73.3 Å². The van der Waals surface area contributed by atoms with Gasteiger partial charge in [0.1, 0.15) is 0 Å². The van der Waals surface area contributed by atoms with Crippen molar-refractivity contribution in [2.75, 3.05) is 12.8 Å². The molecule has 1 unspecified atom stereocenters. The molecule has 0 saturated heterocycles. The maximum Gasteiger partial charge on any atom is 0.170 e. The van der Waals surface area contributed by atoms with Crippen molar-refractivity contribution < 1.29 is 9.13 Å². The molecule has 0 radical (unpaired) electrons. The van der Waals surface area contributed by atoms with E-state index in [1.54, 1.807) is 30.3 Å². The monoisotopic (exact) mass is 295 g/mol. The number of halogens is 2. The summed E-state index contributed by atoms with van der Waals surface area (Å²) in [6.45, 7) is 0. The number of hydrazine groups is 1. The summed E-state index contributed by atoms with van der Waals surface area (Å²) in [5, 5.41) is 0.508. The van der Waals surface area contributed by atoms with Crippen molar-refractivity contribution in [2.24, 2.45) is 5.84 Å². The fourth-order valence-corrected chi connectivity index (χ4v) is 2.24. The number of anilines is 1. The minimum Gasteiger partial charge on any atom is -0.494 e. The molecule has 4 nitrogen and oxygen atoms in total. The Kier molecular flexibility index (Phi) is 4.44. The first kappa shape index (κ1) is 14.6. The van der Waals surface area contributed by atoms with Gasteiger partial charge in [-0.15, -0.1) is 0 Å². The number of ether oxygens (including phenoxy) is 1. The second-order valence-corrected chi connectivity index (χ2v) is 4.67. The predicted octanol–water partition coefficient (Wildman–Crippen LogP) is 2.62. The zero-order valence-electron chi connectivity index (χ0n) is 10.9. The maximum absolute atomic E-state index is 14.3. The van der Waals surface area contributed by atoms with Gasteiger partial charge in [0.05, 0.1) is 13.2 Å². The van der Waals surface area contributed by atoms with Crippen LogP contribution < -0.4 is 21.7 Å². The van der Waals surface area contributed by atoms with Crippen molar-refractivity contribution in [3.63, 3.8) is 0 Å². The van der Waals surface area contributed by atoms with Gasteiger partial charge in [0.2, 0.25) is 0 Å². The van der Waals surface area contributed by atoms with E-state index in [0.717, 1.165) is 0 Å². The van der Waals surface area contributed by atoms with Gasteiger partial charge in [0.25, 0.3) is 0 Å². The van der Waals surface area contributed by atoms with E-state index in [4.69, 9.17) is 27.9 Å². The van der Waals surface area contributed by atoms with Gasteiger partial charge in [-0.05, 0) is 23.8 Å². The molecule has 0 aliphatic carbocycles. The molecule has 0 aliphatic rings. The van der Waals surface area contributed by atoms with Gasteiger partial charge in [-0.25, -0.2) is 9.82 Å². The lowest BCUT2D eigenvalue weighted by atomic mass is 9.97. The van der Waals surface area contributed by atoms with Gasteiger partial charge >= 0.3 is 0 Å². The van der Waals surface area contributed by atoms with Crippen molar-refractivity contribution in [2.45, 2.75) is 6.04 Å². The minimum atomic E-state index is -0.595. The molecular formula is C14H15ClFN3O. The van der Waals surface area contributed by atoms with Crippen molar-refractivity contribution in [1.82, 2.24) is 5.43 Å². The Morgan fingerprint density at radius 3 is 2.60 bits per heavy atom. The quantitative estimate of drug-likeness (QED) is 0.460. The average Bonchev–Trinajstić information content (AvgIpc) is 2.43. The lowest BCUT2D eigenvalue weighted by Gasteiger charge is -2.20. The normalized spacial score (nSPS) is 12.2. The summed E-state index contributed by atoms with van der Waals surface area (Å²) in [6.07, 6.45) is 0. The van der Waals surface area contributed by atoms with Crippen LogP contribution in [0.25, 0.3) is 0 Å². The van der Waals surface area contributed by atoms with Crippen LogP contribution >= 0.6 is 11.6 Å². The third kappa shape index (κ3) is 2.70. The van der Waals surface area contributed by atoms with Crippen LogP contribution in [0.4, 0.5) is 10.1 Å². The first-order valence-electron chi connectivity index (χ1n) is 5.92. The van der Waals surface area contributed by atoms with Gasteiger partial charge in [-0.2, -0.15) is 0 Å². The van der Waals surface area contributed by atoms with Crippen LogP contribution in [0.1, 0.15) is 17.2 Å². The number of nitrogens with two attached hydrogens (primary N) is 2. The molecule has 2 rings (SSSR count). The molecule has 0 heterocycles. The molecular weight excluding hydrogens is 281 g/mol. The first-order chi connectivity index (χ1) is 9.58. The average molecular weight is 296 g/mol. The SMILES string of the molecule is COc1cccc(C(NN)c2ccc(Cl)cc2N)c1F. The Labute approximate surface area is 121 Å². The van der Waals surface area contributed by atoms with Crippen LogP contribution in [0.15, 0.2) is 36.4 Å². The fourth-order valence-electron chi connectivity index (χ4n) is 2.06. The number of nitrogen functional groups attached to an aromatic ring is 1. The Hall–Kier alpha value is -1.82. The number of benzene rings is 2. The number of hydrogen-bond donors (Lipinski definition) is 3. The van der Waals surface area contributed by atoms with Gasteiger partial charge in [0, 0.05) is 16.3 Å².